The van der Waals surface area contributed by atoms with Crippen molar-refractivity contribution in [2.24, 2.45) is 5.92 Å². The molecule has 3 nitrogen and oxygen atoms in total. The average Bonchev–Trinajstić information content (AvgIpc) is 2.87. The molecule has 0 radical (unpaired) electrons. The Morgan fingerprint density at radius 3 is 2.93 bits per heavy atom. The van der Waals surface area contributed by atoms with Crippen LogP contribution in [-0.4, -0.2) is 9.55 Å². The van der Waals surface area contributed by atoms with E-state index in [9.17, 15) is 4.79 Å². The van der Waals surface area contributed by atoms with E-state index in [0.29, 0.717) is 4.64 Å². The molecule has 2 aliphatic rings. The average molecular weight is 222 g/mol. The van der Waals surface area contributed by atoms with Gasteiger partial charge in [0.1, 0.15) is 4.64 Å². The summed E-state index contributed by atoms with van der Waals surface area (Å²) in [5, 5.41) is 0. The van der Waals surface area contributed by atoms with Gasteiger partial charge in [0.25, 0.3) is 0 Å². The third-order valence-electron chi connectivity index (χ3n) is 3.39. The summed E-state index contributed by atoms with van der Waals surface area (Å²) in [4.78, 5) is 14.6. The Morgan fingerprint density at radius 2 is 2.20 bits per heavy atom. The van der Waals surface area contributed by atoms with Crippen molar-refractivity contribution in [3.05, 3.63) is 26.4 Å². The third kappa shape index (κ3) is 1.57. The van der Waals surface area contributed by atoms with Crippen molar-refractivity contribution in [1.29, 1.82) is 0 Å². The van der Waals surface area contributed by atoms with Crippen LogP contribution in [0.25, 0.3) is 0 Å². The van der Waals surface area contributed by atoms with Crippen molar-refractivity contribution < 1.29 is 0 Å². The maximum absolute atomic E-state index is 11.8. The van der Waals surface area contributed by atoms with E-state index in [1.165, 1.54) is 24.1 Å². The molecule has 2 aliphatic carbocycles. The summed E-state index contributed by atoms with van der Waals surface area (Å²) in [6, 6.07) is 0. The zero-order chi connectivity index (χ0) is 10.4. The van der Waals surface area contributed by atoms with Gasteiger partial charge in [-0.25, -0.2) is 4.79 Å². The fraction of sp³-hybridized carbons (Fsp3) is 0.636. The summed E-state index contributed by atoms with van der Waals surface area (Å²) in [5.74, 6) is 0.733. The lowest BCUT2D eigenvalue weighted by molar-refractivity contribution is 0.567. The minimum atomic E-state index is -0.00690. The third-order valence-corrected chi connectivity index (χ3v) is 3.74. The second-order valence-corrected chi connectivity index (χ2v) is 5.00. The summed E-state index contributed by atoms with van der Waals surface area (Å²) >= 11 is 5.19. The summed E-state index contributed by atoms with van der Waals surface area (Å²) in [5.41, 5.74) is 2.41. The SMILES string of the molecule is O=c1[nH]c(=S)c2c(n1CC1CC1)CCC2. The number of hydrogen-bond donors (Lipinski definition) is 1. The number of aromatic amines is 1. The van der Waals surface area contributed by atoms with E-state index in [4.69, 9.17) is 12.2 Å². The normalized spacial score (nSPS) is 19.2. The lowest BCUT2D eigenvalue weighted by atomic mass is 10.2. The van der Waals surface area contributed by atoms with Gasteiger partial charge < -0.3 is 0 Å². The van der Waals surface area contributed by atoms with Crippen LogP contribution < -0.4 is 5.69 Å². The quantitative estimate of drug-likeness (QED) is 0.775. The largest absolute Gasteiger partial charge is 0.326 e. The number of hydrogen-bond acceptors (Lipinski definition) is 2. The first-order valence-electron chi connectivity index (χ1n) is 5.60. The van der Waals surface area contributed by atoms with E-state index in [2.05, 4.69) is 4.98 Å². The van der Waals surface area contributed by atoms with Gasteiger partial charge in [-0.3, -0.25) is 9.55 Å². The molecule has 1 heterocycles. The molecule has 0 unspecified atom stereocenters. The highest BCUT2D eigenvalue weighted by Gasteiger charge is 2.25. The van der Waals surface area contributed by atoms with E-state index in [1.807, 2.05) is 4.57 Å². The predicted molar refractivity (Wildman–Crippen MR) is 60.6 cm³/mol. The first-order chi connectivity index (χ1) is 7.25. The fourth-order valence-electron chi connectivity index (χ4n) is 2.38. The molecule has 0 bridgehead atoms. The topological polar surface area (TPSA) is 37.8 Å². The van der Waals surface area contributed by atoms with Crippen LogP contribution in [0.15, 0.2) is 4.79 Å². The Morgan fingerprint density at radius 1 is 1.40 bits per heavy atom. The van der Waals surface area contributed by atoms with Gasteiger partial charge in [0.15, 0.2) is 0 Å². The molecular weight excluding hydrogens is 208 g/mol. The summed E-state index contributed by atoms with van der Waals surface area (Å²) in [6.07, 6.45) is 5.75. The number of nitrogens with zero attached hydrogens (tertiary/aromatic N) is 1. The van der Waals surface area contributed by atoms with Crippen LogP contribution in [0.4, 0.5) is 0 Å². The van der Waals surface area contributed by atoms with Gasteiger partial charge in [-0.1, -0.05) is 12.2 Å². The van der Waals surface area contributed by atoms with E-state index < -0.39 is 0 Å². The molecule has 4 heteroatoms. The summed E-state index contributed by atoms with van der Waals surface area (Å²) in [6.45, 7) is 0.896. The van der Waals surface area contributed by atoms with Gasteiger partial charge in [-0.05, 0) is 38.0 Å². The van der Waals surface area contributed by atoms with Crippen LogP contribution in [0.5, 0.6) is 0 Å². The second kappa shape index (κ2) is 3.30. The van der Waals surface area contributed by atoms with Crippen LogP contribution in [0, 0.1) is 10.6 Å². The van der Waals surface area contributed by atoms with Gasteiger partial charge in [0.05, 0.1) is 0 Å². The zero-order valence-electron chi connectivity index (χ0n) is 8.58. The van der Waals surface area contributed by atoms with Crippen LogP contribution in [-0.2, 0) is 19.4 Å². The number of rotatable bonds is 2. The highest BCUT2D eigenvalue weighted by atomic mass is 32.1. The molecule has 1 N–H and O–H groups in total. The lowest BCUT2D eigenvalue weighted by Gasteiger charge is -2.10. The smallest absolute Gasteiger partial charge is 0.298 e. The molecule has 0 atom stereocenters. The molecule has 1 fully saturated rings. The van der Waals surface area contributed by atoms with E-state index in [0.717, 1.165) is 31.7 Å². The number of H-pyrrole nitrogens is 1. The van der Waals surface area contributed by atoms with Gasteiger partial charge in [-0.15, -0.1) is 0 Å². The van der Waals surface area contributed by atoms with Crippen molar-refractivity contribution in [3.63, 3.8) is 0 Å². The molecular formula is C11H14N2OS. The minimum absolute atomic E-state index is 0.00690. The van der Waals surface area contributed by atoms with Crippen LogP contribution in [0.2, 0.25) is 0 Å². The molecule has 0 spiro atoms. The molecule has 1 saturated carbocycles. The molecule has 0 aliphatic heterocycles. The molecule has 0 amide bonds. The first kappa shape index (κ1) is 9.33. The highest BCUT2D eigenvalue weighted by molar-refractivity contribution is 7.71. The number of fused-ring (bicyclic) bond motifs is 1. The second-order valence-electron chi connectivity index (χ2n) is 4.59. The summed E-state index contributed by atoms with van der Waals surface area (Å²) < 4.78 is 2.59. The Labute approximate surface area is 93.1 Å². The number of aromatic nitrogens is 2. The van der Waals surface area contributed by atoms with Gasteiger partial charge in [-0.2, -0.15) is 0 Å². The predicted octanol–water partition coefficient (Wildman–Crippen LogP) is 1.80. The van der Waals surface area contributed by atoms with Gasteiger partial charge in [0.2, 0.25) is 0 Å². The summed E-state index contributed by atoms with van der Waals surface area (Å²) in [7, 11) is 0. The van der Waals surface area contributed by atoms with Gasteiger partial charge >= 0.3 is 5.69 Å². The Kier molecular flexibility index (Phi) is 2.06. The van der Waals surface area contributed by atoms with Crippen molar-refractivity contribution in [2.45, 2.75) is 38.6 Å². The molecule has 1 aromatic heterocycles. The maximum atomic E-state index is 11.8. The monoisotopic (exact) mass is 222 g/mol. The Bertz CT molecular complexity index is 510. The Hall–Kier alpha value is -0.900. The van der Waals surface area contributed by atoms with E-state index in [1.54, 1.807) is 0 Å². The molecule has 3 rings (SSSR count). The molecule has 0 aromatic carbocycles. The van der Waals surface area contributed by atoms with Crippen LogP contribution in [0.3, 0.4) is 0 Å². The minimum Gasteiger partial charge on any atom is -0.298 e. The van der Waals surface area contributed by atoms with Crippen molar-refractivity contribution in [1.82, 2.24) is 9.55 Å². The van der Waals surface area contributed by atoms with Crippen molar-refractivity contribution in [3.8, 4) is 0 Å². The first-order valence-corrected chi connectivity index (χ1v) is 6.01. The van der Waals surface area contributed by atoms with Crippen LogP contribution in [0.1, 0.15) is 30.5 Å². The highest BCUT2D eigenvalue weighted by Crippen LogP contribution is 2.31. The van der Waals surface area contributed by atoms with Gasteiger partial charge in [0, 0.05) is 17.8 Å². The number of nitrogens with one attached hydrogen (secondary N) is 1. The van der Waals surface area contributed by atoms with E-state index >= 15 is 0 Å². The van der Waals surface area contributed by atoms with E-state index in [-0.39, 0.29) is 5.69 Å². The fourth-order valence-corrected chi connectivity index (χ4v) is 2.69. The standard InChI is InChI=1S/C11H14N2OS/c14-11-12-10(15)8-2-1-3-9(8)13(11)6-7-4-5-7/h7H,1-6H2,(H,12,14,15). The van der Waals surface area contributed by atoms with Crippen molar-refractivity contribution in [2.75, 3.05) is 0 Å². The lowest BCUT2D eigenvalue weighted by Crippen LogP contribution is -2.27. The van der Waals surface area contributed by atoms with Crippen molar-refractivity contribution >= 4 is 12.2 Å². The Balaban J connectivity index is 2.15. The zero-order valence-corrected chi connectivity index (χ0v) is 9.40. The molecule has 15 heavy (non-hydrogen) atoms. The molecule has 1 aromatic rings. The molecule has 80 valence electrons. The maximum Gasteiger partial charge on any atom is 0.326 e. The molecule has 0 saturated heterocycles. The van der Waals surface area contributed by atoms with Crippen LogP contribution >= 0.6 is 12.2 Å².